The molecule has 1 aromatic heterocycles. The maximum absolute atomic E-state index is 8.82. The second kappa shape index (κ2) is 3.25. The molecule has 64 valence electrons. The van der Waals surface area contributed by atoms with Gasteiger partial charge in [0.25, 0.3) is 0 Å². The molecule has 0 saturated heterocycles. The molecular weight excluding hydrogens is 162 g/mol. The van der Waals surface area contributed by atoms with E-state index in [1.54, 1.807) is 20.8 Å². The van der Waals surface area contributed by atoms with Gasteiger partial charge in [-0.2, -0.15) is 5.26 Å². The molecule has 0 saturated carbocycles. The molecule has 13 heavy (non-hydrogen) atoms. The molecule has 0 aliphatic heterocycles. The Bertz CT molecular complexity index is 395. The summed E-state index contributed by atoms with van der Waals surface area (Å²) in [7, 11) is 0. The summed E-state index contributed by atoms with van der Waals surface area (Å²) in [4.78, 5) is 7.50. The van der Waals surface area contributed by atoms with Gasteiger partial charge in [0.05, 0.1) is 23.9 Å². The number of rotatable bonds is 0. The summed E-state index contributed by atoms with van der Waals surface area (Å²) in [5.41, 5.74) is 3.16. The van der Waals surface area contributed by atoms with E-state index in [0.717, 1.165) is 5.56 Å². The lowest BCUT2D eigenvalue weighted by Gasteiger charge is -2.05. The van der Waals surface area contributed by atoms with E-state index in [0.29, 0.717) is 22.6 Å². The summed E-state index contributed by atoms with van der Waals surface area (Å²) >= 11 is 0. The van der Waals surface area contributed by atoms with E-state index < -0.39 is 0 Å². The average Bonchev–Trinajstić information content (AvgIpc) is 2.04. The van der Waals surface area contributed by atoms with Crippen LogP contribution in [0.15, 0.2) is 0 Å². The van der Waals surface area contributed by atoms with Gasteiger partial charge < -0.3 is 0 Å². The molecule has 3 heteroatoms. The maximum atomic E-state index is 8.82. The second-order valence-electron chi connectivity index (χ2n) is 2.85. The molecule has 0 radical (unpaired) electrons. The lowest BCUT2D eigenvalue weighted by molar-refractivity contribution is 1.10. The SMILES string of the molecule is [C-]#[N+]c1c(C)nc(C)c(C#N)c1C. The Hall–Kier alpha value is -1.87. The summed E-state index contributed by atoms with van der Waals surface area (Å²) in [6.07, 6.45) is 0. The Morgan fingerprint density at radius 1 is 1.31 bits per heavy atom. The minimum absolute atomic E-state index is 0.502. The monoisotopic (exact) mass is 171 g/mol. The summed E-state index contributed by atoms with van der Waals surface area (Å²) in [5.74, 6) is 0. The topological polar surface area (TPSA) is 41.0 Å². The zero-order valence-corrected chi connectivity index (χ0v) is 7.84. The maximum Gasteiger partial charge on any atom is 0.212 e. The van der Waals surface area contributed by atoms with Crippen molar-refractivity contribution in [3.05, 3.63) is 33.9 Å². The highest BCUT2D eigenvalue weighted by atomic mass is 14.8. The van der Waals surface area contributed by atoms with Crippen LogP contribution in [0, 0.1) is 38.7 Å². The molecule has 0 aromatic carbocycles. The van der Waals surface area contributed by atoms with Crippen molar-refractivity contribution in [2.24, 2.45) is 0 Å². The van der Waals surface area contributed by atoms with Crippen LogP contribution in [-0.2, 0) is 0 Å². The fourth-order valence-corrected chi connectivity index (χ4v) is 1.35. The van der Waals surface area contributed by atoms with Gasteiger partial charge in [-0.25, -0.2) is 4.85 Å². The van der Waals surface area contributed by atoms with E-state index in [9.17, 15) is 0 Å². The van der Waals surface area contributed by atoms with E-state index >= 15 is 0 Å². The van der Waals surface area contributed by atoms with Crippen molar-refractivity contribution in [1.82, 2.24) is 4.98 Å². The van der Waals surface area contributed by atoms with Crippen LogP contribution in [0.5, 0.6) is 0 Å². The molecule has 0 aliphatic rings. The van der Waals surface area contributed by atoms with E-state index in [1.807, 2.05) is 0 Å². The number of hydrogen-bond donors (Lipinski definition) is 0. The first kappa shape index (κ1) is 9.22. The standard InChI is InChI=1S/C10H9N3/c1-6-9(5-11)7(2)13-8(3)10(6)12-4/h1-3H3. The average molecular weight is 171 g/mol. The Labute approximate surface area is 77.5 Å². The van der Waals surface area contributed by atoms with E-state index in [1.165, 1.54) is 0 Å². The molecule has 0 spiro atoms. The van der Waals surface area contributed by atoms with Crippen LogP contribution in [0.3, 0.4) is 0 Å². The highest BCUT2D eigenvalue weighted by Gasteiger charge is 2.11. The minimum Gasteiger partial charge on any atom is -0.269 e. The van der Waals surface area contributed by atoms with Crippen molar-refractivity contribution >= 4 is 5.69 Å². The van der Waals surface area contributed by atoms with Crippen molar-refractivity contribution in [3.8, 4) is 6.07 Å². The largest absolute Gasteiger partial charge is 0.269 e. The van der Waals surface area contributed by atoms with Crippen molar-refractivity contribution in [2.75, 3.05) is 0 Å². The first-order valence-corrected chi connectivity index (χ1v) is 3.87. The summed E-state index contributed by atoms with van der Waals surface area (Å²) < 4.78 is 0. The van der Waals surface area contributed by atoms with Crippen LogP contribution in [0.4, 0.5) is 5.69 Å². The molecular formula is C10H9N3. The zero-order valence-electron chi connectivity index (χ0n) is 7.84. The van der Waals surface area contributed by atoms with Gasteiger partial charge in [-0.05, 0) is 26.3 Å². The van der Waals surface area contributed by atoms with Crippen molar-refractivity contribution in [3.63, 3.8) is 0 Å². The van der Waals surface area contributed by atoms with Crippen molar-refractivity contribution in [1.29, 1.82) is 5.26 Å². The Morgan fingerprint density at radius 2 is 1.92 bits per heavy atom. The van der Waals surface area contributed by atoms with Crippen molar-refractivity contribution < 1.29 is 0 Å². The molecule has 0 fully saturated rings. The van der Waals surface area contributed by atoms with Crippen LogP contribution in [-0.4, -0.2) is 4.98 Å². The van der Waals surface area contributed by atoms with Crippen LogP contribution in [0.2, 0.25) is 0 Å². The third-order valence-electron chi connectivity index (χ3n) is 1.99. The fourth-order valence-electron chi connectivity index (χ4n) is 1.35. The molecule has 1 heterocycles. The van der Waals surface area contributed by atoms with Crippen LogP contribution in [0.1, 0.15) is 22.5 Å². The summed E-state index contributed by atoms with van der Waals surface area (Å²) in [5, 5.41) is 8.82. The third kappa shape index (κ3) is 1.37. The van der Waals surface area contributed by atoms with E-state index in [2.05, 4.69) is 15.9 Å². The highest BCUT2D eigenvalue weighted by molar-refractivity contribution is 5.61. The van der Waals surface area contributed by atoms with Gasteiger partial charge in [-0.3, -0.25) is 4.98 Å². The molecule has 0 unspecified atom stereocenters. The van der Waals surface area contributed by atoms with Gasteiger partial charge in [-0.15, -0.1) is 0 Å². The number of aryl methyl sites for hydroxylation is 2. The smallest absolute Gasteiger partial charge is 0.212 e. The molecule has 0 N–H and O–H groups in total. The summed E-state index contributed by atoms with van der Waals surface area (Å²) in [6, 6.07) is 2.06. The van der Waals surface area contributed by atoms with E-state index in [-0.39, 0.29) is 0 Å². The first-order chi connectivity index (χ1) is 6.11. The Kier molecular flexibility index (Phi) is 2.30. The van der Waals surface area contributed by atoms with Crippen LogP contribution < -0.4 is 0 Å². The number of aromatic nitrogens is 1. The molecule has 0 amide bonds. The lowest BCUT2D eigenvalue weighted by Crippen LogP contribution is -1.95. The highest BCUT2D eigenvalue weighted by Crippen LogP contribution is 2.26. The number of hydrogen-bond acceptors (Lipinski definition) is 2. The molecule has 1 rings (SSSR count). The Morgan fingerprint density at radius 3 is 2.38 bits per heavy atom. The first-order valence-electron chi connectivity index (χ1n) is 3.87. The van der Waals surface area contributed by atoms with Crippen LogP contribution >= 0.6 is 0 Å². The molecule has 0 aliphatic carbocycles. The molecule has 3 nitrogen and oxygen atoms in total. The number of nitrogens with zero attached hydrogens (tertiary/aromatic N) is 3. The predicted octanol–water partition coefficient (Wildman–Crippen LogP) is 2.43. The minimum atomic E-state index is 0.502. The van der Waals surface area contributed by atoms with Gasteiger partial charge >= 0.3 is 0 Å². The van der Waals surface area contributed by atoms with Crippen molar-refractivity contribution in [2.45, 2.75) is 20.8 Å². The number of nitriles is 1. The van der Waals surface area contributed by atoms with E-state index in [4.69, 9.17) is 11.8 Å². The zero-order chi connectivity index (χ0) is 10.0. The molecule has 1 aromatic rings. The van der Waals surface area contributed by atoms with Gasteiger partial charge in [0.1, 0.15) is 0 Å². The second-order valence-corrected chi connectivity index (χ2v) is 2.85. The fraction of sp³-hybridized carbons (Fsp3) is 0.300. The molecule has 0 atom stereocenters. The van der Waals surface area contributed by atoms with Gasteiger partial charge in [0, 0.05) is 5.69 Å². The Balaban J connectivity index is 3.63. The lowest BCUT2D eigenvalue weighted by atomic mass is 10.1. The molecule has 0 bridgehead atoms. The van der Waals surface area contributed by atoms with Crippen LogP contribution in [0.25, 0.3) is 4.85 Å². The summed E-state index contributed by atoms with van der Waals surface area (Å²) in [6.45, 7) is 12.3. The normalized spacial score (nSPS) is 9.00. The van der Waals surface area contributed by atoms with Gasteiger partial charge in [0.15, 0.2) is 0 Å². The number of pyridine rings is 1. The quantitative estimate of drug-likeness (QED) is 0.562. The third-order valence-corrected chi connectivity index (χ3v) is 1.99. The predicted molar refractivity (Wildman–Crippen MR) is 49.4 cm³/mol. The van der Waals surface area contributed by atoms with Gasteiger partial charge in [0.2, 0.25) is 5.69 Å². The van der Waals surface area contributed by atoms with Gasteiger partial charge in [-0.1, -0.05) is 0 Å².